The lowest BCUT2D eigenvalue weighted by molar-refractivity contribution is -0.124. The molecule has 0 bridgehead atoms. The Labute approximate surface area is 137 Å². The van der Waals surface area contributed by atoms with Gasteiger partial charge in [-0.05, 0) is 24.1 Å². The van der Waals surface area contributed by atoms with Crippen molar-refractivity contribution in [3.63, 3.8) is 0 Å². The molecule has 1 heterocycles. The van der Waals surface area contributed by atoms with Crippen LogP contribution < -0.4 is 4.74 Å². The normalized spacial score (nSPS) is 17.6. The summed E-state index contributed by atoms with van der Waals surface area (Å²) in [6.45, 7) is 1.60. The number of amides is 1. The molecule has 1 amide bonds. The van der Waals surface area contributed by atoms with Gasteiger partial charge < -0.3 is 9.64 Å². The van der Waals surface area contributed by atoms with Gasteiger partial charge in [0, 0.05) is 30.6 Å². The van der Waals surface area contributed by atoms with Crippen molar-refractivity contribution in [1.29, 1.82) is 0 Å². The zero-order chi connectivity index (χ0) is 16.1. The van der Waals surface area contributed by atoms with Crippen LogP contribution in [0.2, 0.25) is 0 Å². The molecule has 3 heteroatoms. The summed E-state index contributed by atoms with van der Waals surface area (Å²) in [5.41, 5.74) is 2.23. The predicted molar refractivity (Wildman–Crippen MR) is 92.4 cm³/mol. The van der Waals surface area contributed by atoms with Crippen LogP contribution in [0.4, 0.5) is 0 Å². The van der Waals surface area contributed by atoms with Crippen LogP contribution in [0.15, 0.2) is 60.7 Å². The van der Waals surface area contributed by atoms with Gasteiger partial charge >= 0.3 is 0 Å². The molecule has 23 heavy (non-hydrogen) atoms. The van der Waals surface area contributed by atoms with Crippen molar-refractivity contribution in [3.8, 4) is 5.75 Å². The topological polar surface area (TPSA) is 29.5 Å². The Morgan fingerprint density at radius 2 is 1.87 bits per heavy atom. The van der Waals surface area contributed by atoms with Crippen molar-refractivity contribution in [2.75, 3.05) is 20.2 Å². The monoisotopic (exact) mass is 307 g/mol. The molecule has 3 nitrogen and oxygen atoms in total. The van der Waals surface area contributed by atoms with Crippen LogP contribution >= 0.6 is 0 Å². The Hall–Kier alpha value is -2.55. The lowest BCUT2D eigenvalue weighted by atomic mass is 9.99. The smallest absolute Gasteiger partial charge is 0.246 e. The highest BCUT2D eigenvalue weighted by atomic mass is 16.5. The van der Waals surface area contributed by atoms with E-state index in [1.807, 2.05) is 41.3 Å². The number of likely N-dealkylation sites (tertiary alicyclic amines) is 1. The molecule has 0 N–H and O–H groups in total. The molecular weight excluding hydrogens is 286 g/mol. The maximum Gasteiger partial charge on any atom is 0.246 e. The van der Waals surface area contributed by atoms with Gasteiger partial charge in [-0.3, -0.25) is 4.79 Å². The summed E-state index contributed by atoms with van der Waals surface area (Å²) in [6, 6.07) is 18.1. The minimum absolute atomic E-state index is 0.0642. The maximum atomic E-state index is 12.4. The van der Waals surface area contributed by atoms with Crippen molar-refractivity contribution >= 4 is 12.0 Å². The van der Waals surface area contributed by atoms with E-state index in [1.54, 1.807) is 13.2 Å². The molecule has 2 aromatic rings. The maximum absolute atomic E-state index is 12.4. The first-order valence-electron chi connectivity index (χ1n) is 7.93. The second-order valence-electron chi connectivity index (χ2n) is 5.76. The molecule has 1 atom stereocenters. The van der Waals surface area contributed by atoms with E-state index < -0.39 is 0 Å². The van der Waals surface area contributed by atoms with Crippen molar-refractivity contribution < 1.29 is 9.53 Å². The molecule has 1 aliphatic rings. The van der Waals surface area contributed by atoms with Crippen LogP contribution in [0.5, 0.6) is 5.75 Å². The Morgan fingerprint density at radius 1 is 1.13 bits per heavy atom. The van der Waals surface area contributed by atoms with Crippen LogP contribution in [0.25, 0.3) is 6.08 Å². The van der Waals surface area contributed by atoms with Gasteiger partial charge in [-0.1, -0.05) is 48.5 Å². The molecule has 1 aliphatic heterocycles. The molecule has 0 aliphatic carbocycles. The third-order valence-electron chi connectivity index (χ3n) is 4.32. The quantitative estimate of drug-likeness (QED) is 0.806. The molecule has 0 saturated carbocycles. The highest BCUT2D eigenvalue weighted by Gasteiger charge is 2.25. The Bertz CT molecular complexity index is 694. The van der Waals surface area contributed by atoms with E-state index >= 15 is 0 Å². The number of carbonyl (C=O) groups is 1. The standard InChI is InChI=1S/C20H21NO2/c1-23-19-10-6-5-9-17(19)11-12-20(22)21-14-13-18(15-21)16-7-3-2-4-8-16/h2-12,18H,13-15H2,1H3/b12-11+. The van der Waals surface area contributed by atoms with Crippen molar-refractivity contribution in [2.45, 2.75) is 12.3 Å². The summed E-state index contributed by atoms with van der Waals surface area (Å²) < 4.78 is 5.30. The van der Waals surface area contributed by atoms with Crippen molar-refractivity contribution in [1.82, 2.24) is 4.90 Å². The second-order valence-corrected chi connectivity index (χ2v) is 5.76. The van der Waals surface area contributed by atoms with E-state index in [0.717, 1.165) is 30.8 Å². The SMILES string of the molecule is COc1ccccc1/C=C/C(=O)N1CCC(c2ccccc2)C1. The van der Waals surface area contributed by atoms with Crippen molar-refractivity contribution in [3.05, 3.63) is 71.8 Å². The fourth-order valence-corrected chi connectivity index (χ4v) is 3.03. The lowest BCUT2D eigenvalue weighted by Gasteiger charge is -2.14. The Balaban J connectivity index is 1.64. The first kappa shape index (κ1) is 15.3. The second kappa shape index (κ2) is 7.14. The molecule has 0 spiro atoms. The van der Waals surface area contributed by atoms with Crippen LogP contribution in [-0.4, -0.2) is 31.0 Å². The van der Waals surface area contributed by atoms with Crippen LogP contribution in [0.1, 0.15) is 23.5 Å². The van der Waals surface area contributed by atoms with Gasteiger partial charge in [0.1, 0.15) is 5.75 Å². The summed E-state index contributed by atoms with van der Waals surface area (Å²) in [4.78, 5) is 14.3. The predicted octanol–water partition coefficient (Wildman–Crippen LogP) is 3.72. The summed E-state index contributed by atoms with van der Waals surface area (Å²) in [6.07, 6.45) is 4.50. The fraction of sp³-hybridized carbons (Fsp3) is 0.250. The van der Waals surface area contributed by atoms with Crippen LogP contribution in [0, 0.1) is 0 Å². The number of para-hydroxylation sites is 1. The van der Waals surface area contributed by atoms with Crippen LogP contribution in [-0.2, 0) is 4.79 Å². The van der Waals surface area contributed by atoms with Crippen molar-refractivity contribution in [2.24, 2.45) is 0 Å². The Kier molecular flexibility index (Phi) is 4.77. The van der Waals surface area contributed by atoms with E-state index in [1.165, 1.54) is 5.56 Å². The first-order chi connectivity index (χ1) is 11.3. The number of rotatable bonds is 4. The summed E-state index contributed by atoms with van der Waals surface area (Å²) >= 11 is 0. The van der Waals surface area contributed by atoms with E-state index in [9.17, 15) is 4.79 Å². The molecule has 0 aromatic heterocycles. The zero-order valence-corrected chi connectivity index (χ0v) is 13.3. The molecule has 0 radical (unpaired) electrons. The third-order valence-corrected chi connectivity index (χ3v) is 4.32. The van der Waals surface area contributed by atoms with Gasteiger partial charge in [-0.15, -0.1) is 0 Å². The minimum atomic E-state index is 0.0642. The number of carbonyl (C=O) groups excluding carboxylic acids is 1. The first-order valence-corrected chi connectivity index (χ1v) is 7.93. The average molecular weight is 307 g/mol. The van der Waals surface area contributed by atoms with E-state index in [0.29, 0.717) is 5.92 Å². The Morgan fingerprint density at radius 3 is 2.65 bits per heavy atom. The highest BCUT2D eigenvalue weighted by Crippen LogP contribution is 2.27. The van der Waals surface area contributed by atoms with Gasteiger partial charge in [0.15, 0.2) is 0 Å². The number of methoxy groups -OCH3 is 1. The zero-order valence-electron chi connectivity index (χ0n) is 13.3. The minimum Gasteiger partial charge on any atom is -0.496 e. The average Bonchev–Trinajstić information content (AvgIpc) is 3.11. The molecule has 1 fully saturated rings. The van der Waals surface area contributed by atoms with E-state index in [4.69, 9.17) is 4.74 Å². The van der Waals surface area contributed by atoms with Gasteiger partial charge in [0.25, 0.3) is 0 Å². The van der Waals surface area contributed by atoms with Gasteiger partial charge in [-0.2, -0.15) is 0 Å². The lowest BCUT2D eigenvalue weighted by Crippen LogP contribution is -2.26. The fourth-order valence-electron chi connectivity index (χ4n) is 3.03. The van der Waals surface area contributed by atoms with Gasteiger partial charge in [0.2, 0.25) is 5.91 Å². The molecule has 1 unspecified atom stereocenters. The third kappa shape index (κ3) is 3.62. The molecule has 2 aromatic carbocycles. The molecule has 1 saturated heterocycles. The van der Waals surface area contributed by atoms with Gasteiger partial charge in [0.05, 0.1) is 7.11 Å². The summed E-state index contributed by atoms with van der Waals surface area (Å²) in [5.74, 6) is 1.29. The van der Waals surface area contributed by atoms with E-state index in [2.05, 4.69) is 24.3 Å². The number of hydrogen-bond acceptors (Lipinski definition) is 2. The van der Waals surface area contributed by atoms with E-state index in [-0.39, 0.29) is 5.91 Å². The molecular formula is C20H21NO2. The largest absolute Gasteiger partial charge is 0.496 e. The number of hydrogen-bond donors (Lipinski definition) is 0. The molecule has 3 rings (SSSR count). The summed E-state index contributed by atoms with van der Waals surface area (Å²) in [5, 5.41) is 0. The number of nitrogens with zero attached hydrogens (tertiary/aromatic N) is 1. The highest BCUT2D eigenvalue weighted by molar-refractivity contribution is 5.92. The van der Waals surface area contributed by atoms with Gasteiger partial charge in [-0.25, -0.2) is 0 Å². The van der Waals surface area contributed by atoms with Crippen LogP contribution in [0.3, 0.4) is 0 Å². The summed E-state index contributed by atoms with van der Waals surface area (Å²) in [7, 11) is 1.64. The number of benzene rings is 2. The number of ether oxygens (including phenoxy) is 1. The molecule has 118 valence electrons.